The van der Waals surface area contributed by atoms with Crippen molar-refractivity contribution in [2.24, 2.45) is 0 Å². The molecule has 1 saturated heterocycles. The van der Waals surface area contributed by atoms with E-state index in [0.29, 0.717) is 19.4 Å². The van der Waals surface area contributed by atoms with Crippen LogP contribution >= 0.6 is 0 Å². The molecule has 1 amide bonds. The Morgan fingerprint density at radius 2 is 0.942 bits per heavy atom. The largest absolute Gasteiger partial charge is 0.466 e. The molecule has 6 N–H and O–H groups in total. The predicted octanol–water partition coefficient (Wildman–Crippen LogP) is 12.7. The smallest absolute Gasteiger partial charge is 0.305 e. The molecule has 0 aromatic carbocycles. The molecule has 0 radical (unpaired) electrons. The lowest BCUT2D eigenvalue weighted by atomic mass is 9.99. The molecule has 69 heavy (non-hydrogen) atoms. The van der Waals surface area contributed by atoms with Gasteiger partial charge < -0.3 is 45.1 Å². The summed E-state index contributed by atoms with van der Waals surface area (Å²) in [6, 6.07) is -0.839. The Bertz CT molecular complexity index is 1240. The average Bonchev–Trinajstić information content (AvgIpc) is 3.34. The van der Waals surface area contributed by atoms with Crippen molar-refractivity contribution in [1.82, 2.24) is 5.32 Å². The van der Waals surface area contributed by atoms with Gasteiger partial charge in [0.05, 0.1) is 32.0 Å². The first-order chi connectivity index (χ1) is 33.7. The van der Waals surface area contributed by atoms with Gasteiger partial charge in [-0.25, -0.2) is 0 Å². The Hall–Kier alpha value is -2.12. The van der Waals surface area contributed by atoms with Crippen LogP contribution in [0.2, 0.25) is 0 Å². The summed E-state index contributed by atoms with van der Waals surface area (Å²) in [7, 11) is 0. The first kappa shape index (κ1) is 64.9. The molecule has 0 aromatic rings. The van der Waals surface area contributed by atoms with Gasteiger partial charge in [0.15, 0.2) is 6.29 Å². The van der Waals surface area contributed by atoms with Crippen molar-refractivity contribution in [3.8, 4) is 0 Å². The molecule has 0 aromatic heterocycles. The van der Waals surface area contributed by atoms with Crippen LogP contribution in [0, 0.1) is 0 Å². The van der Waals surface area contributed by atoms with E-state index in [1.807, 2.05) is 6.08 Å². The van der Waals surface area contributed by atoms with E-state index in [4.69, 9.17) is 14.2 Å². The first-order valence-corrected chi connectivity index (χ1v) is 28.8. The molecule has 0 saturated carbocycles. The Morgan fingerprint density at radius 1 is 0.522 bits per heavy atom. The highest BCUT2D eigenvalue weighted by atomic mass is 16.7. The van der Waals surface area contributed by atoms with Crippen molar-refractivity contribution in [3.05, 3.63) is 36.5 Å². The van der Waals surface area contributed by atoms with Crippen molar-refractivity contribution in [3.63, 3.8) is 0 Å². The maximum absolute atomic E-state index is 13.0. The molecule has 1 aliphatic heterocycles. The van der Waals surface area contributed by atoms with Gasteiger partial charge in [0.25, 0.3) is 0 Å². The number of amides is 1. The second-order valence-corrected chi connectivity index (χ2v) is 20.0. The Kier molecular flexibility index (Phi) is 45.3. The van der Waals surface area contributed by atoms with Gasteiger partial charge in [-0.1, -0.05) is 211 Å². The molecule has 11 heteroatoms. The molecule has 0 bridgehead atoms. The van der Waals surface area contributed by atoms with Crippen LogP contribution in [0.15, 0.2) is 36.5 Å². The highest BCUT2D eigenvalue weighted by molar-refractivity contribution is 5.76. The van der Waals surface area contributed by atoms with Crippen LogP contribution in [0.25, 0.3) is 0 Å². The van der Waals surface area contributed by atoms with Gasteiger partial charge in [-0.05, 0) is 70.6 Å². The SMILES string of the molecule is CCCCCCCCCC/C=C/CC/C=C/C(O)C(COC1OC(CO)C(O)C(O)C1O)NC(=O)CCCCCCC/C=C\CCCCCCCCCOC(=O)CCCCCCCCCCCCC. The molecular formula is C58H107NO10. The fourth-order valence-electron chi connectivity index (χ4n) is 8.86. The number of unbranched alkanes of at least 4 members (excludes halogenated alkanes) is 31. The van der Waals surface area contributed by atoms with Gasteiger partial charge in [-0.2, -0.15) is 0 Å². The van der Waals surface area contributed by atoms with E-state index in [9.17, 15) is 35.1 Å². The molecule has 0 aliphatic carbocycles. The van der Waals surface area contributed by atoms with Gasteiger partial charge in [0, 0.05) is 12.8 Å². The fourth-order valence-corrected chi connectivity index (χ4v) is 8.86. The summed E-state index contributed by atoms with van der Waals surface area (Å²) in [6.07, 6.45) is 47.9. The molecule has 404 valence electrons. The normalized spacial score (nSPS) is 19.6. The molecule has 1 fully saturated rings. The van der Waals surface area contributed by atoms with E-state index in [2.05, 4.69) is 43.5 Å². The maximum Gasteiger partial charge on any atom is 0.305 e. The van der Waals surface area contributed by atoms with Crippen LogP contribution < -0.4 is 5.32 Å². The van der Waals surface area contributed by atoms with Crippen LogP contribution in [0.1, 0.15) is 258 Å². The van der Waals surface area contributed by atoms with Crippen molar-refractivity contribution in [2.45, 2.75) is 301 Å². The molecule has 7 unspecified atom stereocenters. The zero-order chi connectivity index (χ0) is 50.3. The summed E-state index contributed by atoms with van der Waals surface area (Å²) in [4.78, 5) is 25.0. The number of aliphatic hydroxyl groups excluding tert-OH is 5. The molecule has 1 heterocycles. The molecule has 1 rings (SSSR count). The fraction of sp³-hybridized carbons (Fsp3) is 0.862. The van der Waals surface area contributed by atoms with E-state index < -0.39 is 49.5 Å². The zero-order valence-electron chi connectivity index (χ0n) is 44.3. The summed E-state index contributed by atoms with van der Waals surface area (Å²) in [5.41, 5.74) is 0. The van der Waals surface area contributed by atoms with Gasteiger partial charge in [0.2, 0.25) is 5.91 Å². The monoisotopic (exact) mass is 978 g/mol. The van der Waals surface area contributed by atoms with E-state index in [1.165, 1.54) is 141 Å². The number of aliphatic hydroxyl groups is 5. The van der Waals surface area contributed by atoms with Crippen LogP contribution in [-0.2, 0) is 23.8 Å². The Labute approximate surface area is 422 Å². The number of nitrogens with one attached hydrogen (secondary N) is 1. The minimum absolute atomic E-state index is 0.0221. The second-order valence-electron chi connectivity index (χ2n) is 20.0. The number of hydrogen-bond donors (Lipinski definition) is 6. The second kappa shape index (κ2) is 48.2. The summed E-state index contributed by atoms with van der Waals surface area (Å²) < 4.78 is 16.7. The van der Waals surface area contributed by atoms with E-state index >= 15 is 0 Å². The van der Waals surface area contributed by atoms with Crippen molar-refractivity contribution in [1.29, 1.82) is 0 Å². The third-order valence-electron chi connectivity index (χ3n) is 13.5. The van der Waals surface area contributed by atoms with E-state index in [-0.39, 0.29) is 18.5 Å². The lowest BCUT2D eigenvalue weighted by molar-refractivity contribution is -0.302. The quantitative estimate of drug-likeness (QED) is 0.0196. The van der Waals surface area contributed by atoms with Crippen molar-refractivity contribution in [2.75, 3.05) is 19.8 Å². The average molecular weight is 978 g/mol. The van der Waals surface area contributed by atoms with Crippen LogP contribution in [0.3, 0.4) is 0 Å². The van der Waals surface area contributed by atoms with Gasteiger partial charge in [-0.3, -0.25) is 9.59 Å². The zero-order valence-corrected chi connectivity index (χ0v) is 44.3. The molecule has 7 atom stereocenters. The predicted molar refractivity (Wildman–Crippen MR) is 283 cm³/mol. The van der Waals surface area contributed by atoms with E-state index in [0.717, 1.165) is 89.9 Å². The van der Waals surface area contributed by atoms with Gasteiger partial charge in [0.1, 0.15) is 24.4 Å². The number of hydrogen-bond acceptors (Lipinski definition) is 10. The third-order valence-corrected chi connectivity index (χ3v) is 13.5. The summed E-state index contributed by atoms with van der Waals surface area (Å²) in [5, 5.41) is 54.3. The topological polar surface area (TPSA) is 175 Å². The van der Waals surface area contributed by atoms with E-state index in [1.54, 1.807) is 6.08 Å². The molecule has 0 spiro atoms. The standard InChI is InChI=1S/C58H107NO10/c1-3-5-7-9-11-13-15-16-21-25-28-32-36-40-44-51(61)50(49-68-58-57(66)56(65)55(64)52(48-60)69-58)59-53(62)45-41-37-33-29-26-22-19-17-18-20-23-27-31-35-39-43-47-67-54(63)46-42-38-34-30-24-14-12-10-8-6-4-2/h17,19,25,28,40,44,50-52,55-58,60-61,64-66H,3-16,18,20-24,26-27,29-39,41-43,45-49H2,1-2H3,(H,59,62)/b19-17-,28-25+,44-40+. The third kappa shape index (κ3) is 38.2. The van der Waals surface area contributed by atoms with Crippen molar-refractivity contribution < 1.29 is 49.3 Å². The summed E-state index contributed by atoms with van der Waals surface area (Å²) >= 11 is 0. The summed E-state index contributed by atoms with van der Waals surface area (Å²) in [5.74, 6) is -0.231. The summed E-state index contributed by atoms with van der Waals surface area (Å²) in [6.45, 7) is 4.28. The maximum atomic E-state index is 13.0. The van der Waals surface area contributed by atoms with Crippen LogP contribution in [0.4, 0.5) is 0 Å². The number of ether oxygens (including phenoxy) is 3. The number of rotatable bonds is 49. The molecular weight excluding hydrogens is 871 g/mol. The molecule has 1 aliphatic rings. The minimum atomic E-state index is -1.58. The Balaban J connectivity index is 2.18. The van der Waals surface area contributed by atoms with Gasteiger partial charge in [-0.15, -0.1) is 0 Å². The number of esters is 1. The van der Waals surface area contributed by atoms with Crippen LogP contribution in [0.5, 0.6) is 0 Å². The Morgan fingerprint density at radius 3 is 1.43 bits per heavy atom. The van der Waals surface area contributed by atoms with Crippen molar-refractivity contribution >= 4 is 11.9 Å². The number of allylic oxidation sites excluding steroid dienone is 5. The highest BCUT2D eigenvalue weighted by Crippen LogP contribution is 2.23. The number of carbonyl (C=O) groups excluding carboxylic acids is 2. The number of carbonyl (C=O) groups is 2. The first-order valence-electron chi connectivity index (χ1n) is 28.8. The van der Waals surface area contributed by atoms with Gasteiger partial charge >= 0.3 is 5.97 Å². The minimum Gasteiger partial charge on any atom is -0.466 e. The molecule has 11 nitrogen and oxygen atoms in total. The van der Waals surface area contributed by atoms with Crippen LogP contribution in [-0.4, -0.2) is 100 Å². The lowest BCUT2D eigenvalue weighted by Crippen LogP contribution is -2.60. The lowest BCUT2D eigenvalue weighted by Gasteiger charge is -2.40. The highest BCUT2D eigenvalue weighted by Gasteiger charge is 2.44.